The number of hydrogen-bond donors (Lipinski definition) is 0. The molecule has 3 aliphatic rings. The lowest BCUT2D eigenvalue weighted by Gasteiger charge is -2.21. The number of fused-ring (bicyclic) bond motifs is 1. The van der Waals surface area contributed by atoms with Crippen molar-refractivity contribution in [1.29, 1.82) is 0 Å². The fourth-order valence-electron chi connectivity index (χ4n) is 6.24. The van der Waals surface area contributed by atoms with Crippen molar-refractivity contribution in [1.82, 2.24) is 29.5 Å². The maximum Gasteiger partial charge on any atom is 0.308 e. The first-order valence-electron chi connectivity index (χ1n) is 14.4. The molecule has 2 aliphatic carbocycles. The van der Waals surface area contributed by atoms with Gasteiger partial charge in [0, 0.05) is 24.7 Å². The van der Waals surface area contributed by atoms with Crippen LogP contribution in [-0.2, 0) is 12.6 Å². The van der Waals surface area contributed by atoms with Gasteiger partial charge in [-0.25, -0.2) is 23.7 Å². The quantitative estimate of drug-likeness (QED) is 0.158. The minimum Gasteiger partial charge on any atom is -0.290 e. The average molecular weight is 593 g/mol. The van der Waals surface area contributed by atoms with E-state index in [4.69, 9.17) is 0 Å². The smallest absolute Gasteiger partial charge is 0.290 e. The zero-order valence-electron chi connectivity index (χ0n) is 23.0. The fourth-order valence-corrected chi connectivity index (χ4v) is 6.24. The lowest BCUT2D eigenvalue weighted by Crippen LogP contribution is -2.18. The Morgan fingerprint density at radius 3 is 2.37 bits per heavy atom. The number of carbonyl (C=O) groups excluding carboxylic acids is 2. The highest BCUT2D eigenvalue weighted by Crippen LogP contribution is 2.52. The van der Waals surface area contributed by atoms with Gasteiger partial charge in [0.15, 0.2) is 11.6 Å². The Morgan fingerprint density at radius 2 is 1.65 bits per heavy atom. The molecule has 0 N–H and O–H groups in total. The third-order valence-electron chi connectivity index (χ3n) is 8.66. The predicted molar refractivity (Wildman–Crippen MR) is 145 cm³/mol. The van der Waals surface area contributed by atoms with Gasteiger partial charge in [-0.2, -0.15) is 8.78 Å². The summed E-state index contributed by atoms with van der Waals surface area (Å²) in [5, 5.41) is 8.58. The van der Waals surface area contributed by atoms with Gasteiger partial charge in [-0.15, -0.1) is 10.2 Å². The third-order valence-corrected chi connectivity index (χ3v) is 8.66. The Morgan fingerprint density at radius 1 is 0.930 bits per heavy atom. The van der Waals surface area contributed by atoms with Crippen LogP contribution in [0, 0.1) is 11.8 Å². The van der Waals surface area contributed by atoms with Crippen LogP contribution in [-0.4, -0.2) is 47.8 Å². The van der Waals surface area contributed by atoms with Crippen LogP contribution in [0.4, 0.5) is 17.6 Å². The minimum atomic E-state index is -3.23. The summed E-state index contributed by atoms with van der Waals surface area (Å²) in [7, 11) is 0. The van der Waals surface area contributed by atoms with Crippen molar-refractivity contribution in [3.05, 3.63) is 94.6 Å². The summed E-state index contributed by atoms with van der Waals surface area (Å²) in [5.41, 5.74) is 2.04. The zero-order valence-corrected chi connectivity index (χ0v) is 23.0. The maximum atomic E-state index is 14.9. The number of alkyl halides is 4. The van der Waals surface area contributed by atoms with Crippen LogP contribution >= 0.6 is 0 Å². The molecule has 12 heteroatoms. The Bertz CT molecular complexity index is 1700. The molecule has 0 amide bonds. The molecule has 2 fully saturated rings. The molecular formula is C31H28F4N6O2. The topological polar surface area (TPSA) is 95.6 Å². The Balaban J connectivity index is 1.17. The van der Waals surface area contributed by atoms with Gasteiger partial charge < -0.3 is 0 Å². The molecule has 4 atom stereocenters. The molecule has 43 heavy (non-hydrogen) atoms. The van der Waals surface area contributed by atoms with Crippen molar-refractivity contribution >= 4 is 11.6 Å². The molecule has 4 aromatic rings. The van der Waals surface area contributed by atoms with Gasteiger partial charge in [-0.05, 0) is 41.9 Å². The van der Waals surface area contributed by atoms with Crippen molar-refractivity contribution in [3.8, 4) is 0 Å². The highest BCUT2D eigenvalue weighted by molar-refractivity contribution is 5.97. The van der Waals surface area contributed by atoms with Crippen LogP contribution in [0.2, 0.25) is 0 Å². The number of ketones is 2. The number of carbonyl (C=O) groups is 2. The molecule has 8 nitrogen and oxygen atoms in total. The zero-order chi connectivity index (χ0) is 29.9. The van der Waals surface area contributed by atoms with Crippen molar-refractivity contribution in [3.63, 3.8) is 0 Å². The van der Waals surface area contributed by atoms with E-state index < -0.39 is 55.3 Å². The Kier molecular flexibility index (Phi) is 6.74. The predicted octanol–water partition coefficient (Wildman–Crippen LogP) is 5.95. The van der Waals surface area contributed by atoms with E-state index in [0.29, 0.717) is 17.5 Å². The molecule has 2 saturated carbocycles. The van der Waals surface area contributed by atoms with E-state index in [2.05, 4.69) is 20.2 Å². The molecule has 3 heterocycles. The van der Waals surface area contributed by atoms with Gasteiger partial charge in [0.05, 0.1) is 18.8 Å². The summed E-state index contributed by atoms with van der Waals surface area (Å²) in [6, 6.07) is 14.5. The van der Waals surface area contributed by atoms with Gasteiger partial charge in [0.1, 0.15) is 6.67 Å². The number of Topliss-reactive ketones (excluding diaryl/α,β-unsaturated/α-hetero) is 2. The van der Waals surface area contributed by atoms with Gasteiger partial charge in [-0.1, -0.05) is 54.6 Å². The molecule has 2 aromatic carbocycles. The molecule has 0 radical (unpaired) electrons. The van der Waals surface area contributed by atoms with Crippen molar-refractivity contribution in [2.24, 2.45) is 11.8 Å². The van der Waals surface area contributed by atoms with Crippen LogP contribution in [0.1, 0.15) is 99.7 Å². The summed E-state index contributed by atoms with van der Waals surface area (Å²) in [6.07, 6.45) is 1.39. The molecule has 1 aliphatic heterocycles. The first-order valence-corrected chi connectivity index (χ1v) is 14.4. The number of aromatic nitrogens is 6. The second-order valence-electron chi connectivity index (χ2n) is 11.5. The second kappa shape index (κ2) is 10.5. The van der Waals surface area contributed by atoms with Gasteiger partial charge in [0.2, 0.25) is 23.2 Å². The molecule has 222 valence electrons. The molecule has 2 unspecified atom stereocenters. The number of nitrogens with zero attached hydrogens (tertiary/aromatic N) is 6. The lowest BCUT2D eigenvalue weighted by molar-refractivity contribution is -0.00884. The summed E-state index contributed by atoms with van der Waals surface area (Å²) < 4.78 is 60.2. The number of benzene rings is 2. The summed E-state index contributed by atoms with van der Waals surface area (Å²) >= 11 is 0. The summed E-state index contributed by atoms with van der Waals surface area (Å²) in [5.74, 6) is -5.82. The first kappa shape index (κ1) is 27.6. The number of halogens is 4. The van der Waals surface area contributed by atoms with Crippen LogP contribution in [0.15, 0.2) is 54.6 Å². The van der Waals surface area contributed by atoms with Crippen molar-refractivity contribution < 1.29 is 27.2 Å². The SMILES string of the molecule is O=C(c1nc(CF)n([C@@H](CCF)c2ccccc2C2CC2C(=O)c2nc3n(n2)[C@@H](c2ccccc2)CC3(F)F)n1)C1CC1. The number of hydrogen-bond acceptors (Lipinski definition) is 6. The van der Waals surface area contributed by atoms with E-state index in [9.17, 15) is 27.2 Å². The van der Waals surface area contributed by atoms with Gasteiger partial charge in [0.25, 0.3) is 0 Å². The average Bonchev–Trinajstić information content (AvgIpc) is 3.91. The first-order chi connectivity index (χ1) is 20.8. The van der Waals surface area contributed by atoms with Crippen LogP contribution < -0.4 is 0 Å². The van der Waals surface area contributed by atoms with Gasteiger partial charge in [-0.3, -0.25) is 14.0 Å². The monoisotopic (exact) mass is 592 g/mol. The minimum absolute atomic E-state index is 0.0406. The maximum absolute atomic E-state index is 14.9. The van der Waals surface area contributed by atoms with E-state index in [-0.39, 0.29) is 41.5 Å². The highest BCUT2D eigenvalue weighted by atomic mass is 19.3. The highest BCUT2D eigenvalue weighted by Gasteiger charge is 2.52. The molecule has 0 bridgehead atoms. The van der Waals surface area contributed by atoms with Crippen LogP contribution in [0.25, 0.3) is 0 Å². The summed E-state index contributed by atoms with van der Waals surface area (Å²) in [4.78, 5) is 34.3. The van der Waals surface area contributed by atoms with E-state index in [1.165, 1.54) is 4.68 Å². The standard InChI is InChI=1S/C31H28F4N6O2/c32-13-12-23(40-25(16-33)36-28(38-40)26(42)18-10-11-18)20-9-5-4-8-19(20)21-14-22(21)27(43)29-37-30-31(34,35)15-24(41(30)39-29)17-6-2-1-3-7-17/h1-9,18,21-24H,10-16H2/t21?,22?,23-,24+/m0/s1. The van der Waals surface area contributed by atoms with E-state index in [0.717, 1.165) is 23.1 Å². The molecule has 0 spiro atoms. The van der Waals surface area contributed by atoms with Gasteiger partial charge >= 0.3 is 5.92 Å². The van der Waals surface area contributed by atoms with Crippen molar-refractivity contribution in [2.75, 3.05) is 6.67 Å². The van der Waals surface area contributed by atoms with E-state index in [1.54, 1.807) is 48.5 Å². The number of rotatable bonds is 11. The molecule has 2 aromatic heterocycles. The van der Waals surface area contributed by atoms with E-state index >= 15 is 0 Å². The molecule has 0 saturated heterocycles. The lowest BCUT2D eigenvalue weighted by atomic mass is 9.94. The molecule has 7 rings (SSSR count). The normalized spacial score (nSPS) is 22.7. The fraction of sp³-hybridized carbons (Fsp3) is 0.419. The summed E-state index contributed by atoms with van der Waals surface area (Å²) in [6.45, 7) is -1.71. The van der Waals surface area contributed by atoms with E-state index in [1.807, 2.05) is 6.07 Å². The third kappa shape index (κ3) is 4.86. The van der Waals surface area contributed by atoms with Crippen LogP contribution in [0.3, 0.4) is 0 Å². The largest absolute Gasteiger partial charge is 0.308 e. The Labute approximate surface area is 244 Å². The molecular weight excluding hydrogens is 564 g/mol. The van der Waals surface area contributed by atoms with Crippen molar-refractivity contribution in [2.45, 2.75) is 62.7 Å². The van der Waals surface area contributed by atoms with Crippen LogP contribution in [0.5, 0.6) is 0 Å². The Hall–Kier alpha value is -4.22. The second-order valence-corrected chi connectivity index (χ2v) is 11.5.